The zero-order chi connectivity index (χ0) is 27.6. The number of esters is 2. The average molecular weight is 545 g/mol. The molecule has 3 fully saturated rings. The Labute approximate surface area is 232 Å². The van der Waals surface area contributed by atoms with Gasteiger partial charge in [-0.1, -0.05) is 30.3 Å². The van der Waals surface area contributed by atoms with Crippen molar-refractivity contribution in [1.29, 1.82) is 0 Å². The summed E-state index contributed by atoms with van der Waals surface area (Å²) in [6.45, 7) is 11.9. The minimum atomic E-state index is -0.634. The van der Waals surface area contributed by atoms with Gasteiger partial charge in [0.1, 0.15) is 12.1 Å². The molecule has 10 heteroatoms. The van der Waals surface area contributed by atoms with Gasteiger partial charge in [0.25, 0.3) is 0 Å². The zero-order valence-electron chi connectivity index (χ0n) is 23.5. The highest BCUT2D eigenvalue weighted by Crippen LogP contribution is 2.23. The summed E-state index contributed by atoms with van der Waals surface area (Å²) in [4.78, 5) is 45.9. The normalized spacial score (nSPS) is 22.5. The fourth-order valence-corrected chi connectivity index (χ4v) is 5.82. The first-order valence-electron chi connectivity index (χ1n) is 14.5. The van der Waals surface area contributed by atoms with Crippen LogP contribution in [0.1, 0.15) is 38.7 Å². The Hall–Kier alpha value is -2.69. The van der Waals surface area contributed by atoms with Gasteiger partial charge in [-0.05, 0) is 51.3 Å². The van der Waals surface area contributed by atoms with Crippen LogP contribution < -0.4 is 0 Å². The van der Waals surface area contributed by atoms with E-state index in [4.69, 9.17) is 14.2 Å². The second-order valence-corrected chi connectivity index (χ2v) is 10.7. The van der Waals surface area contributed by atoms with E-state index in [2.05, 4.69) is 34.1 Å². The number of piperazine rings is 1. The number of hydrogen-bond acceptors (Lipinski definition) is 9. The van der Waals surface area contributed by atoms with Crippen molar-refractivity contribution in [3.8, 4) is 0 Å². The largest absolute Gasteiger partial charge is 0.466 e. The highest BCUT2D eigenvalue weighted by molar-refractivity contribution is 5.82. The molecule has 0 N–H and O–H groups in total. The number of likely N-dealkylation sites (tertiary alicyclic amines) is 1. The minimum Gasteiger partial charge on any atom is -0.466 e. The number of carbonyl (C=O) groups is 3. The summed E-state index contributed by atoms with van der Waals surface area (Å²) in [6, 6.07) is 9.94. The van der Waals surface area contributed by atoms with E-state index in [-0.39, 0.29) is 37.8 Å². The van der Waals surface area contributed by atoms with Gasteiger partial charge in [-0.25, -0.2) is 4.79 Å². The van der Waals surface area contributed by atoms with Crippen LogP contribution in [0.15, 0.2) is 30.3 Å². The summed E-state index contributed by atoms with van der Waals surface area (Å²) in [5.74, 6) is -0.269. The molecule has 3 aliphatic heterocycles. The lowest BCUT2D eigenvalue weighted by molar-refractivity contribution is -0.157. The van der Waals surface area contributed by atoms with Crippen molar-refractivity contribution in [2.24, 2.45) is 5.92 Å². The van der Waals surface area contributed by atoms with Gasteiger partial charge in [-0.15, -0.1) is 0 Å². The number of ether oxygens (including phenoxy) is 3. The third kappa shape index (κ3) is 8.65. The van der Waals surface area contributed by atoms with E-state index in [1.54, 1.807) is 13.8 Å². The molecule has 0 spiro atoms. The molecule has 1 amide bonds. The van der Waals surface area contributed by atoms with Crippen molar-refractivity contribution in [1.82, 2.24) is 19.6 Å². The topological polar surface area (TPSA) is 91.9 Å². The summed E-state index contributed by atoms with van der Waals surface area (Å²) in [5.41, 5.74) is 1.35. The van der Waals surface area contributed by atoms with Crippen LogP contribution in [-0.2, 0) is 30.3 Å². The van der Waals surface area contributed by atoms with Crippen LogP contribution in [0.5, 0.6) is 0 Å². The van der Waals surface area contributed by atoms with Crippen LogP contribution >= 0.6 is 0 Å². The van der Waals surface area contributed by atoms with E-state index in [1.807, 2.05) is 15.9 Å². The van der Waals surface area contributed by atoms with Gasteiger partial charge in [0.15, 0.2) is 0 Å². The van der Waals surface area contributed by atoms with Gasteiger partial charge in [-0.2, -0.15) is 0 Å². The molecule has 0 aromatic heterocycles. The molecular formula is C29H44N4O6. The molecule has 0 radical (unpaired) electrons. The monoisotopic (exact) mass is 544 g/mol. The molecule has 1 aromatic rings. The molecule has 0 bridgehead atoms. The second-order valence-electron chi connectivity index (χ2n) is 10.7. The quantitative estimate of drug-likeness (QED) is 0.290. The molecule has 39 heavy (non-hydrogen) atoms. The Morgan fingerprint density at radius 1 is 0.923 bits per heavy atom. The van der Waals surface area contributed by atoms with E-state index in [0.717, 1.165) is 52.1 Å². The average Bonchev–Trinajstić information content (AvgIpc) is 3.28. The van der Waals surface area contributed by atoms with Crippen LogP contribution in [0.2, 0.25) is 0 Å². The van der Waals surface area contributed by atoms with Crippen molar-refractivity contribution in [2.75, 3.05) is 72.1 Å². The Bertz CT molecular complexity index is 931. The van der Waals surface area contributed by atoms with Crippen LogP contribution in [0, 0.1) is 5.92 Å². The third-order valence-electron chi connectivity index (χ3n) is 7.92. The first-order chi connectivity index (χ1) is 18.9. The van der Waals surface area contributed by atoms with Crippen molar-refractivity contribution in [2.45, 2.75) is 51.8 Å². The van der Waals surface area contributed by atoms with E-state index >= 15 is 0 Å². The highest BCUT2D eigenvalue weighted by Gasteiger charge is 2.37. The number of rotatable bonds is 12. The van der Waals surface area contributed by atoms with Crippen molar-refractivity contribution in [3.63, 3.8) is 0 Å². The van der Waals surface area contributed by atoms with Crippen LogP contribution in [0.3, 0.4) is 0 Å². The molecule has 2 atom stereocenters. The van der Waals surface area contributed by atoms with E-state index < -0.39 is 12.0 Å². The first kappa shape index (κ1) is 29.3. The second kappa shape index (κ2) is 14.6. The molecule has 4 rings (SSSR count). The smallest absolute Gasteiger partial charge is 0.410 e. The Morgan fingerprint density at radius 3 is 2.28 bits per heavy atom. The predicted molar refractivity (Wildman–Crippen MR) is 146 cm³/mol. The van der Waals surface area contributed by atoms with Gasteiger partial charge in [0, 0.05) is 45.8 Å². The van der Waals surface area contributed by atoms with Crippen molar-refractivity contribution >= 4 is 18.0 Å². The molecule has 0 saturated carbocycles. The molecule has 0 aliphatic carbocycles. The maximum atomic E-state index is 12.6. The van der Waals surface area contributed by atoms with Crippen LogP contribution in [-0.4, -0.2) is 122 Å². The summed E-state index contributed by atoms with van der Waals surface area (Å²) in [7, 11) is 0. The summed E-state index contributed by atoms with van der Waals surface area (Å²) in [6.07, 6.45) is 1.82. The lowest BCUT2D eigenvalue weighted by Gasteiger charge is -2.38. The van der Waals surface area contributed by atoms with E-state index in [1.165, 1.54) is 5.56 Å². The highest BCUT2D eigenvalue weighted by atomic mass is 16.6. The number of benzene rings is 1. The standard InChI is InChI=1S/C29H44N4O6/c1-3-37-27(34)18-26(28(35)38-4-2)32-16-14-31(15-17-32)21-25-22-33(29(36)39-25)20-24-10-12-30(13-11-24)19-23-8-6-5-7-9-23/h5-9,24-26H,3-4,10-22H2,1-2H3. The molecule has 3 heterocycles. The van der Waals surface area contributed by atoms with Crippen LogP contribution in [0.25, 0.3) is 0 Å². The number of nitrogens with zero attached hydrogens (tertiary/aromatic N) is 4. The molecule has 216 valence electrons. The maximum Gasteiger partial charge on any atom is 0.410 e. The Morgan fingerprint density at radius 2 is 1.62 bits per heavy atom. The Kier molecular flexibility index (Phi) is 11.0. The fraction of sp³-hybridized carbons (Fsp3) is 0.690. The van der Waals surface area contributed by atoms with Gasteiger partial charge < -0.3 is 19.1 Å². The van der Waals surface area contributed by atoms with Gasteiger partial charge in [0.05, 0.1) is 26.2 Å². The number of carbonyl (C=O) groups excluding carboxylic acids is 3. The number of cyclic esters (lactones) is 1. The van der Waals surface area contributed by atoms with Crippen LogP contribution in [0.4, 0.5) is 4.79 Å². The molecule has 3 saturated heterocycles. The molecule has 2 unspecified atom stereocenters. The minimum absolute atomic E-state index is 0.00689. The maximum absolute atomic E-state index is 12.6. The molecular weight excluding hydrogens is 500 g/mol. The summed E-state index contributed by atoms with van der Waals surface area (Å²) >= 11 is 0. The zero-order valence-corrected chi connectivity index (χ0v) is 23.5. The molecule has 10 nitrogen and oxygen atoms in total. The first-order valence-corrected chi connectivity index (χ1v) is 14.5. The lowest BCUT2D eigenvalue weighted by atomic mass is 9.96. The SMILES string of the molecule is CCOC(=O)CC(C(=O)OCC)N1CCN(CC2CN(CC3CCN(Cc4ccccc4)CC3)C(=O)O2)CC1. The number of amides is 1. The molecule has 1 aromatic carbocycles. The molecule has 3 aliphatic rings. The third-order valence-corrected chi connectivity index (χ3v) is 7.92. The van der Waals surface area contributed by atoms with E-state index in [9.17, 15) is 14.4 Å². The Balaban J connectivity index is 1.18. The number of hydrogen-bond donors (Lipinski definition) is 0. The van der Waals surface area contributed by atoms with Gasteiger partial charge in [0.2, 0.25) is 0 Å². The fourth-order valence-electron chi connectivity index (χ4n) is 5.82. The summed E-state index contributed by atoms with van der Waals surface area (Å²) in [5, 5.41) is 0. The van der Waals surface area contributed by atoms with Gasteiger partial charge >= 0.3 is 18.0 Å². The van der Waals surface area contributed by atoms with E-state index in [0.29, 0.717) is 32.1 Å². The summed E-state index contributed by atoms with van der Waals surface area (Å²) < 4.78 is 16.0. The van der Waals surface area contributed by atoms with Crippen molar-refractivity contribution < 1.29 is 28.6 Å². The number of piperidine rings is 1. The predicted octanol–water partition coefficient (Wildman–Crippen LogP) is 2.22. The lowest BCUT2D eigenvalue weighted by Crippen LogP contribution is -2.54. The van der Waals surface area contributed by atoms with Gasteiger partial charge in [-0.3, -0.25) is 24.3 Å². The van der Waals surface area contributed by atoms with Crippen molar-refractivity contribution in [3.05, 3.63) is 35.9 Å².